The molecule has 4 aromatic rings. The molecule has 2 aliphatic carbocycles. The van der Waals surface area contributed by atoms with Gasteiger partial charge < -0.3 is 0 Å². The van der Waals surface area contributed by atoms with Crippen LogP contribution in [0.2, 0.25) is 0 Å². The molecule has 39 heavy (non-hydrogen) atoms. The molecule has 5 heteroatoms. The van der Waals surface area contributed by atoms with Crippen LogP contribution in [-0.4, -0.2) is 33.9 Å². The molecule has 4 aromatic carbocycles. The van der Waals surface area contributed by atoms with Crippen LogP contribution in [0.15, 0.2) is 112 Å². The van der Waals surface area contributed by atoms with Gasteiger partial charge in [0, 0.05) is 0 Å². The van der Waals surface area contributed by atoms with E-state index in [1.54, 1.807) is 6.56 Å². The Labute approximate surface area is 249 Å². The number of allylic oxidation sites excluding steroid dienone is 2. The summed E-state index contributed by atoms with van der Waals surface area (Å²) in [5.74, 6) is 0.476. The SMILES string of the molecule is C[N](C)[Zr]([C]1=Cc2c3cccc2C1c1ccc(cc1)S3)([C]1=Cc2cccc(Br)c2C1c1ccccc1)[N](C)C. The average molecular weight is 671 g/mol. The van der Waals surface area contributed by atoms with Gasteiger partial charge in [0.1, 0.15) is 0 Å². The van der Waals surface area contributed by atoms with Crippen molar-refractivity contribution in [1.82, 2.24) is 5.69 Å². The molecular formula is C34H31BrN2SZr. The molecule has 0 amide bonds. The fourth-order valence-electron chi connectivity index (χ4n) is 7.26. The Morgan fingerprint density at radius 3 is 2.05 bits per heavy atom. The van der Waals surface area contributed by atoms with E-state index in [1.165, 1.54) is 47.6 Å². The molecule has 4 aliphatic rings. The summed E-state index contributed by atoms with van der Waals surface area (Å²) >= 11 is 2.12. The molecule has 0 saturated heterocycles. The van der Waals surface area contributed by atoms with Crippen molar-refractivity contribution in [3.05, 3.63) is 135 Å². The van der Waals surface area contributed by atoms with Crippen molar-refractivity contribution in [1.29, 1.82) is 0 Å². The zero-order chi connectivity index (χ0) is 26.9. The summed E-state index contributed by atoms with van der Waals surface area (Å²) in [7, 11) is 9.34. The molecule has 6 bridgehead atoms. The summed E-state index contributed by atoms with van der Waals surface area (Å²) in [6.45, 7) is 0. The average Bonchev–Trinajstić information content (AvgIpc) is 3.52. The molecule has 194 valence electrons. The Morgan fingerprint density at radius 1 is 0.667 bits per heavy atom. The summed E-state index contributed by atoms with van der Waals surface area (Å²) < 4.78 is 9.70. The number of fused-ring (bicyclic) bond motifs is 3. The van der Waals surface area contributed by atoms with Gasteiger partial charge in [-0.1, -0.05) is 0 Å². The van der Waals surface area contributed by atoms with Crippen molar-refractivity contribution in [3.63, 3.8) is 0 Å². The van der Waals surface area contributed by atoms with Crippen LogP contribution < -0.4 is 0 Å². The molecule has 0 radical (unpaired) electrons. The van der Waals surface area contributed by atoms with Crippen molar-refractivity contribution in [2.24, 2.45) is 0 Å². The van der Waals surface area contributed by atoms with E-state index >= 15 is 0 Å². The first kappa shape index (κ1) is 25.9. The molecule has 0 saturated carbocycles. The Balaban J connectivity index is 1.53. The minimum atomic E-state index is -3.75. The fraction of sp³-hybridized carbons (Fsp3) is 0.176. The summed E-state index contributed by atoms with van der Waals surface area (Å²) in [6, 6.07) is 34.1. The van der Waals surface area contributed by atoms with Gasteiger partial charge in [-0.05, 0) is 0 Å². The van der Waals surface area contributed by atoms with E-state index in [0.29, 0.717) is 0 Å². The maximum absolute atomic E-state index is 3.97. The Kier molecular flexibility index (Phi) is 6.53. The van der Waals surface area contributed by atoms with E-state index in [4.69, 9.17) is 0 Å². The third-order valence-corrected chi connectivity index (χ3v) is 22.9. The standard InChI is InChI=1S/C15H10Br.C15H9S.2C2H6N.Zr/c16-14-8-4-7-12-9-10-13(15(12)14)11-5-2-1-3-6-11;1-2-13-12-8-9-14(13)15(3-1)16-11-6-4-10(12)5-7-11;2*1-3-2;/h1-9,13H;1-7,9,12H;2*1-2H3;/q;;2*-1;+2. The van der Waals surface area contributed by atoms with Gasteiger partial charge in [-0.3, -0.25) is 0 Å². The van der Waals surface area contributed by atoms with Gasteiger partial charge in [0.05, 0.1) is 0 Å². The summed E-state index contributed by atoms with van der Waals surface area (Å²) in [5, 5.41) is 0. The second-order valence-corrected chi connectivity index (χ2v) is 23.6. The van der Waals surface area contributed by atoms with Gasteiger partial charge in [-0.15, -0.1) is 0 Å². The van der Waals surface area contributed by atoms with Crippen LogP contribution in [0.3, 0.4) is 0 Å². The van der Waals surface area contributed by atoms with Crippen molar-refractivity contribution in [3.8, 4) is 0 Å². The molecular weight excluding hydrogens is 640 g/mol. The van der Waals surface area contributed by atoms with Crippen molar-refractivity contribution >= 4 is 39.8 Å². The molecule has 0 spiro atoms. The van der Waals surface area contributed by atoms with Crippen LogP contribution in [0.4, 0.5) is 0 Å². The van der Waals surface area contributed by atoms with E-state index < -0.39 is 20.8 Å². The predicted octanol–water partition coefficient (Wildman–Crippen LogP) is 8.69. The third-order valence-electron chi connectivity index (χ3n) is 8.69. The van der Waals surface area contributed by atoms with E-state index in [2.05, 4.69) is 153 Å². The number of nitrogens with zero attached hydrogens (tertiary/aromatic N) is 2. The van der Waals surface area contributed by atoms with E-state index in [-0.39, 0.29) is 11.8 Å². The quantitative estimate of drug-likeness (QED) is 0.210. The Bertz CT molecular complexity index is 1650. The maximum atomic E-state index is 3.97. The van der Waals surface area contributed by atoms with Crippen LogP contribution in [0.25, 0.3) is 12.2 Å². The molecule has 2 aliphatic heterocycles. The van der Waals surface area contributed by atoms with Gasteiger partial charge in [-0.25, -0.2) is 0 Å². The molecule has 0 fully saturated rings. The van der Waals surface area contributed by atoms with Crippen LogP contribution in [-0.2, 0) is 20.8 Å². The molecule has 0 aromatic heterocycles. The first-order valence-corrected chi connectivity index (χ1v) is 19.7. The fourth-order valence-corrected chi connectivity index (χ4v) is 22.0. The van der Waals surface area contributed by atoms with Crippen LogP contribution in [0, 0.1) is 0 Å². The van der Waals surface area contributed by atoms with Gasteiger partial charge in [0.2, 0.25) is 0 Å². The van der Waals surface area contributed by atoms with Gasteiger partial charge in [0.15, 0.2) is 0 Å². The molecule has 0 N–H and O–H groups in total. The molecule has 2 atom stereocenters. The number of rotatable bonds is 5. The van der Waals surface area contributed by atoms with E-state index in [1.807, 2.05) is 11.8 Å². The number of benzene rings is 4. The molecule has 2 nitrogen and oxygen atoms in total. The first-order valence-electron chi connectivity index (χ1n) is 13.4. The predicted molar refractivity (Wildman–Crippen MR) is 165 cm³/mol. The normalized spacial score (nSPS) is 19.1. The number of halogens is 1. The minimum absolute atomic E-state index is 0.215. The summed E-state index contributed by atoms with van der Waals surface area (Å²) in [5.41, 5.74) is 8.39. The zero-order valence-corrected chi connectivity index (χ0v) is 27.5. The van der Waals surface area contributed by atoms with E-state index in [9.17, 15) is 0 Å². The van der Waals surface area contributed by atoms with Crippen LogP contribution >= 0.6 is 27.7 Å². The van der Waals surface area contributed by atoms with Crippen LogP contribution in [0.1, 0.15) is 45.2 Å². The zero-order valence-electron chi connectivity index (χ0n) is 22.7. The van der Waals surface area contributed by atoms with E-state index in [0.717, 1.165) is 0 Å². The van der Waals surface area contributed by atoms with Crippen molar-refractivity contribution in [2.75, 3.05) is 28.2 Å². The number of hydrogen-bond acceptors (Lipinski definition) is 3. The van der Waals surface area contributed by atoms with Crippen LogP contribution in [0.5, 0.6) is 0 Å². The summed E-state index contributed by atoms with van der Waals surface area (Å²) in [4.78, 5) is 2.68. The van der Waals surface area contributed by atoms with Gasteiger partial charge in [0.25, 0.3) is 0 Å². The Morgan fingerprint density at radius 2 is 1.33 bits per heavy atom. The Hall–Kier alpha value is -2.01. The topological polar surface area (TPSA) is 6.48 Å². The monoisotopic (exact) mass is 668 g/mol. The number of hydrogen-bond donors (Lipinski definition) is 0. The molecule has 2 heterocycles. The van der Waals surface area contributed by atoms with Crippen molar-refractivity contribution in [2.45, 2.75) is 21.6 Å². The molecule has 8 rings (SSSR count). The van der Waals surface area contributed by atoms with Gasteiger partial charge >= 0.3 is 252 Å². The van der Waals surface area contributed by atoms with Gasteiger partial charge in [-0.2, -0.15) is 0 Å². The first-order chi connectivity index (χ1) is 18.9. The molecule has 2 unspecified atom stereocenters. The second kappa shape index (κ2) is 9.82. The summed E-state index contributed by atoms with van der Waals surface area (Å²) in [6.07, 6.45) is 5.16. The third kappa shape index (κ3) is 3.85. The van der Waals surface area contributed by atoms with Crippen molar-refractivity contribution < 1.29 is 20.8 Å². The second-order valence-electron chi connectivity index (χ2n) is 11.1.